The number of likely N-dealkylation sites (N-methyl/N-ethyl adjacent to an activating group) is 1. The van der Waals surface area contributed by atoms with E-state index in [1.807, 2.05) is 0 Å². The van der Waals surface area contributed by atoms with Gasteiger partial charge in [-0.1, -0.05) is 18.2 Å². The summed E-state index contributed by atoms with van der Waals surface area (Å²) in [6.07, 6.45) is -1.76. The second-order valence-corrected chi connectivity index (χ2v) is 9.07. The molecule has 0 bridgehead atoms. The van der Waals surface area contributed by atoms with Crippen LogP contribution in [-0.2, 0) is 24.9 Å². The molecule has 35 heavy (non-hydrogen) atoms. The van der Waals surface area contributed by atoms with E-state index in [2.05, 4.69) is 15.1 Å². The number of alkyl halides is 3. The highest BCUT2D eigenvalue weighted by Crippen LogP contribution is 2.32. The molecule has 4 rings (SSSR count). The Bertz CT molecular complexity index is 1280. The van der Waals surface area contributed by atoms with E-state index in [0.29, 0.717) is 22.3 Å². The fourth-order valence-electron chi connectivity index (χ4n) is 3.75. The van der Waals surface area contributed by atoms with Gasteiger partial charge in [-0.15, -0.1) is 11.3 Å². The summed E-state index contributed by atoms with van der Waals surface area (Å²) in [5.74, 6) is -1.65. The molecule has 6 nitrogen and oxygen atoms in total. The maximum absolute atomic E-state index is 14.6. The third-order valence-electron chi connectivity index (χ3n) is 5.32. The van der Waals surface area contributed by atoms with Crippen LogP contribution in [-0.4, -0.2) is 43.3 Å². The summed E-state index contributed by atoms with van der Waals surface area (Å²) in [6, 6.07) is 7.70. The van der Waals surface area contributed by atoms with E-state index in [4.69, 9.17) is 0 Å². The Morgan fingerprint density at radius 3 is 2.46 bits per heavy atom. The lowest BCUT2D eigenvalue weighted by molar-refractivity contribution is -0.137. The standard InChI is InChI=1S/C23H20F5N5OS/c1-32(9-21-31-20(10-35-21)15-2-4-16(5-3-15)23(26,27)28)11-22(34,12-33-14-29-13-30-33)18-7-6-17(24)8-19(18)25/h2-8,10,13-14,34H,9,11-12H2,1H3. The number of rotatable bonds is 8. The highest BCUT2D eigenvalue weighted by atomic mass is 32.1. The van der Waals surface area contributed by atoms with Crippen molar-refractivity contribution in [2.24, 2.45) is 0 Å². The summed E-state index contributed by atoms with van der Waals surface area (Å²) in [5.41, 5.74) is -1.54. The van der Waals surface area contributed by atoms with Gasteiger partial charge >= 0.3 is 6.18 Å². The van der Waals surface area contributed by atoms with Crippen LogP contribution in [0.5, 0.6) is 0 Å². The number of benzene rings is 2. The number of hydrogen-bond donors (Lipinski definition) is 1. The van der Waals surface area contributed by atoms with Gasteiger partial charge in [0, 0.05) is 29.1 Å². The second kappa shape index (κ2) is 9.80. The predicted molar refractivity (Wildman–Crippen MR) is 119 cm³/mol. The van der Waals surface area contributed by atoms with Gasteiger partial charge in [-0.2, -0.15) is 18.3 Å². The van der Waals surface area contributed by atoms with E-state index in [0.717, 1.165) is 18.2 Å². The lowest BCUT2D eigenvalue weighted by Gasteiger charge is -2.32. The van der Waals surface area contributed by atoms with E-state index >= 15 is 0 Å². The number of aliphatic hydroxyl groups is 1. The molecule has 0 aliphatic heterocycles. The first kappa shape index (κ1) is 24.9. The van der Waals surface area contributed by atoms with E-state index in [-0.39, 0.29) is 25.2 Å². The number of halogens is 5. The SMILES string of the molecule is CN(Cc1nc(-c2ccc(C(F)(F)F)cc2)cs1)CC(O)(Cn1cncn1)c1ccc(F)cc1F. The van der Waals surface area contributed by atoms with Crippen LogP contribution in [0.1, 0.15) is 16.1 Å². The van der Waals surface area contributed by atoms with E-state index in [1.165, 1.54) is 46.9 Å². The molecular formula is C23H20F5N5OS. The Kier molecular flexibility index (Phi) is 6.97. The third-order valence-corrected chi connectivity index (χ3v) is 6.15. The summed E-state index contributed by atoms with van der Waals surface area (Å²) in [4.78, 5) is 10.0. The number of thiazole rings is 1. The second-order valence-electron chi connectivity index (χ2n) is 8.12. The summed E-state index contributed by atoms with van der Waals surface area (Å²) in [5, 5.41) is 17.8. The molecule has 0 amide bonds. The molecule has 0 aliphatic carbocycles. The molecule has 0 saturated heterocycles. The Labute approximate surface area is 201 Å². The predicted octanol–water partition coefficient (Wildman–Crippen LogP) is 4.72. The third kappa shape index (κ3) is 5.89. The Morgan fingerprint density at radius 2 is 1.83 bits per heavy atom. The lowest BCUT2D eigenvalue weighted by Crippen LogP contribution is -2.43. The minimum Gasteiger partial charge on any atom is -0.382 e. The first-order valence-electron chi connectivity index (χ1n) is 10.3. The molecule has 1 atom stereocenters. The minimum absolute atomic E-state index is 0.0510. The molecule has 2 aromatic heterocycles. The molecule has 0 aliphatic rings. The highest BCUT2D eigenvalue weighted by molar-refractivity contribution is 7.09. The average molecular weight is 510 g/mol. The van der Waals surface area contributed by atoms with Gasteiger partial charge in [0.2, 0.25) is 0 Å². The number of nitrogens with zero attached hydrogens (tertiary/aromatic N) is 5. The van der Waals surface area contributed by atoms with E-state index in [1.54, 1.807) is 17.3 Å². The van der Waals surface area contributed by atoms with Crippen LogP contribution in [0, 0.1) is 11.6 Å². The number of aromatic nitrogens is 4. The van der Waals surface area contributed by atoms with E-state index in [9.17, 15) is 27.1 Å². The van der Waals surface area contributed by atoms with Crippen LogP contribution >= 0.6 is 11.3 Å². The molecule has 2 aromatic carbocycles. The van der Waals surface area contributed by atoms with Crippen molar-refractivity contribution in [3.8, 4) is 11.3 Å². The Morgan fingerprint density at radius 1 is 1.09 bits per heavy atom. The van der Waals surface area contributed by atoms with Gasteiger partial charge in [0.05, 0.1) is 24.3 Å². The smallest absolute Gasteiger partial charge is 0.382 e. The van der Waals surface area contributed by atoms with Gasteiger partial charge in [0.1, 0.15) is 34.9 Å². The minimum atomic E-state index is -4.42. The van der Waals surface area contributed by atoms with Crippen molar-refractivity contribution < 1.29 is 27.1 Å². The topological polar surface area (TPSA) is 67.1 Å². The van der Waals surface area contributed by atoms with E-state index < -0.39 is 29.0 Å². The highest BCUT2D eigenvalue weighted by Gasteiger charge is 2.35. The molecule has 184 valence electrons. The van der Waals surface area contributed by atoms with Gasteiger partial charge in [-0.05, 0) is 25.2 Å². The molecule has 2 heterocycles. The zero-order valence-corrected chi connectivity index (χ0v) is 19.2. The fourth-order valence-corrected chi connectivity index (χ4v) is 4.63. The molecule has 4 aromatic rings. The number of hydrogen-bond acceptors (Lipinski definition) is 6. The molecule has 12 heteroatoms. The van der Waals surface area contributed by atoms with Crippen LogP contribution in [0.25, 0.3) is 11.3 Å². The van der Waals surface area contributed by atoms with Crippen LogP contribution in [0.2, 0.25) is 0 Å². The zero-order chi connectivity index (χ0) is 25.2. The van der Waals surface area contributed by atoms with Gasteiger partial charge in [0.15, 0.2) is 0 Å². The summed E-state index contributed by atoms with van der Waals surface area (Å²) >= 11 is 1.31. The average Bonchev–Trinajstić information content (AvgIpc) is 3.45. The van der Waals surface area contributed by atoms with Gasteiger partial charge < -0.3 is 5.11 Å². The molecule has 0 spiro atoms. The van der Waals surface area contributed by atoms with Crippen molar-refractivity contribution in [1.29, 1.82) is 0 Å². The van der Waals surface area contributed by atoms with Crippen LogP contribution in [0.3, 0.4) is 0 Å². The Balaban J connectivity index is 1.51. The molecule has 1 N–H and O–H groups in total. The molecule has 0 radical (unpaired) electrons. The molecular weight excluding hydrogens is 489 g/mol. The fraction of sp³-hybridized carbons (Fsp3) is 0.261. The van der Waals surface area contributed by atoms with Crippen molar-refractivity contribution in [1.82, 2.24) is 24.6 Å². The van der Waals surface area contributed by atoms with Crippen molar-refractivity contribution in [2.75, 3.05) is 13.6 Å². The summed E-state index contributed by atoms with van der Waals surface area (Å²) < 4.78 is 67.8. The van der Waals surface area contributed by atoms with Crippen LogP contribution in [0.15, 0.2) is 60.5 Å². The first-order chi connectivity index (χ1) is 16.5. The van der Waals surface area contributed by atoms with Gasteiger partial charge in [-0.3, -0.25) is 4.90 Å². The van der Waals surface area contributed by atoms with Gasteiger partial charge in [-0.25, -0.2) is 23.4 Å². The maximum atomic E-state index is 14.6. The lowest BCUT2D eigenvalue weighted by atomic mass is 9.92. The van der Waals surface area contributed by atoms with Crippen molar-refractivity contribution in [3.05, 3.63) is 88.3 Å². The molecule has 1 unspecified atom stereocenters. The Hall–Kier alpha value is -3.22. The van der Waals surface area contributed by atoms with Crippen molar-refractivity contribution in [2.45, 2.75) is 24.9 Å². The van der Waals surface area contributed by atoms with Crippen molar-refractivity contribution in [3.63, 3.8) is 0 Å². The first-order valence-corrected chi connectivity index (χ1v) is 11.2. The van der Waals surface area contributed by atoms with Crippen LogP contribution < -0.4 is 0 Å². The molecule has 0 saturated carbocycles. The monoisotopic (exact) mass is 509 g/mol. The van der Waals surface area contributed by atoms with Crippen LogP contribution in [0.4, 0.5) is 22.0 Å². The maximum Gasteiger partial charge on any atom is 0.416 e. The quantitative estimate of drug-likeness (QED) is 0.348. The largest absolute Gasteiger partial charge is 0.416 e. The van der Waals surface area contributed by atoms with Crippen molar-refractivity contribution >= 4 is 11.3 Å². The van der Waals surface area contributed by atoms with Gasteiger partial charge in [0.25, 0.3) is 0 Å². The normalized spacial score (nSPS) is 13.8. The summed E-state index contributed by atoms with van der Waals surface area (Å²) in [6.45, 7) is 0.0902. The summed E-state index contributed by atoms with van der Waals surface area (Å²) in [7, 11) is 1.70. The zero-order valence-electron chi connectivity index (χ0n) is 18.4. The molecule has 0 fully saturated rings.